The topological polar surface area (TPSA) is 26.3 Å². The van der Waals surface area contributed by atoms with E-state index in [1.54, 1.807) is 12.1 Å². The van der Waals surface area contributed by atoms with Crippen molar-refractivity contribution in [2.45, 2.75) is 10.9 Å². The molecule has 2 nitrogen and oxygen atoms in total. The average molecular weight is 369 g/mol. The Bertz CT molecular complexity index is 284. The van der Waals surface area contributed by atoms with Gasteiger partial charge in [0.05, 0.1) is 0 Å². The molecular formula is C9H9FHgO2. The molecular weight excluding hydrogens is 360 g/mol. The minimum absolute atomic E-state index is 0.191. The van der Waals surface area contributed by atoms with Gasteiger partial charge >= 0.3 is 89.3 Å². The Balaban J connectivity index is 2.37. The summed E-state index contributed by atoms with van der Waals surface area (Å²) in [5.74, 6) is -0.420. The van der Waals surface area contributed by atoms with E-state index >= 15 is 0 Å². The van der Waals surface area contributed by atoms with Gasteiger partial charge in [-0.05, 0) is 0 Å². The zero-order valence-corrected chi connectivity index (χ0v) is 12.9. The Morgan fingerprint density at radius 2 is 2.08 bits per heavy atom. The molecule has 0 saturated heterocycles. The van der Waals surface area contributed by atoms with Crippen LogP contribution in [0.3, 0.4) is 0 Å². The molecule has 0 radical (unpaired) electrons. The molecule has 0 aliphatic carbocycles. The van der Waals surface area contributed by atoms with E-state index < -0.39 is 25.0 Å². The third kappa shape index (κ3) is 4.36. The summed E-state index contributed by atoms with van der Waals surface area (Å²) in [6.07, 6.45) is 0. The van der Waals surface area contributed by atoms with Crippen LogP contribution in [0.4, 0.5) is 4.39 Å². The molecule has 0 atom stereocenters. The zero-order chi connectivity index (χ0) is 9.68. The van der Waals surface area contributed by atoms with Crippen molar-refractivity contribution in [2.75, 3.05) is 0 Å². The fourth-order valence-electron chi connectivity index (χ4n) is 0.964. The van der Waals surface area contributed by atoms with Crippen LogP contribution >= 0.6 is 0 Å². The van der Waals surface area contributed by atoms with Gasteiger partial charge in [-0.15, -0.1) is 0 Å². The van der Waals surface area contributed by atoms with Gasteiger partial charge in [-0.25, -0.2) is 0 Å². The van der Waals surface area contributed by atoms with Gasteiger partial charge in [0.2, 0.25) is 0 Å². The van der Waals surface area contributed by atoms with Crippen LogP contribution in [0.2, 0.25) is 0 Å². The molecule has 0 saturated carbocycles. The predicted molar refractivity (Wildman–Crippen MR) is 41.9 cm³/mol. The van der Waals surface area contributed by atoms with E-state index in [2.05, 4.69) is 0 Å². The number of rotatable bonds is 3. The Kier molecular flexibility index (Phi) is 4.35. The summed E-state index contributed by atoms with van der Waals surface area (Å²) in [6.45, 7) is 1.42. The van der Waals surface area contributed by atoms with Crippen molar-refractivity contribution in [3.63, 3.8) is 0 Å². The van der Waals surface area contributed by atoms with Gasteiger partial charge in [0, 0.05) is 0 Å². The van der Waals surface area contributed by atoms with Crippen LogP contribution in [-0.2, 0) is 36.4 Å². The number of hydrogen-bond acceptors (Lipinski definition) is 2. The van der Waals surface area contributed by atoms with Crippen LogP contribution in [0.15, 0.2) is 24.3 Å². The zero-order valence-electron chi connectivity index (χ0n) is 7.42. The summed E-state index contributed by atoms with van der Waals surface area (Å²) >= 11 is -1.52. The predicted octanol–water partition coefficient (Wildman–Crippen LogP) is 1.89. The Morgan fingerprint density at radius 3 is 2.62 bits per heavy atom. The summed E-state index contributed by atoms with van der Waals surface area (Å²) in [5.41, 5.74) is 1.06. The van der Waals surface area contributed by atoms with Crippen molar-refractivity contribution in [2.24, 2.45) is 0 Å². The summed E-state index contributed by atoms with van der Waals surface area (Å²) < 4.78 is 18.3. The van der Waals surface area contributed by atoms with Crippen LogP contribution < -0.4 is 0 Å². The fraction of sp³-hybridized carbons (Fsp3) is 0.222. The first-order valence-electron chi connectivity index (χ1n) is 4.06. The van der Waals surface area contributed by atoms with Crippen molar-refractivity contribution in [1.82, 2.24) is 0 Å². The second kappa shape index (κ2) is 5.32. The van der Waals surface area contributed by atoms with Crippen molar-refractivity contribution in [1.29, 1.82) is 0 Å². The maximum absolute atomic E-state index is 12.5. The van der Waals surface area contributed by atoms with Crippen LogP contribution in [0.25, 0.3) is 0 Å². The van der Waals surface area contributed by atoms with Crippen molar-refractivity contribution in [3.8, 4) is 0 Å². The molecule has 4 heteroatoms. The molecule has 0 heterocycles. The normalized spacial score (nSPS) is 9.08. The molecule has 0 N–H and O–H groups in total. The summed E-state index contributed by atoms with van der Waals surface area (Å²) in [6, 6.07) is 6.32. The van der Waals surface area contributed by atoms with E-state index in [0.717, 1.165) is 9.49 Å². The third-order valence-corrected chi connectivity index (χ3v) is 7.02. The van der Waals surface area contributed by atoms with Crippen LogP contribution in [0.1, 0.15) is 12.5 Å². The molecule has 0 unspecified atom stereocenters. The summed E-state index contributed by atoms with van der Waals surface area (Å²) in [4.78, 5) is 10.5. The van der Waals surface area contributed by atoms with Crippen molar-refractivity contribution >= 4 is 5.97 Å². The van der Waals surface area contributed by atoms with Gasteiger partial charge in [-0.1, -0.05) is 0 Å². The van der Waals surface area contributed by atoms with E-state index in [1.165, 1.54) is 19.1 Å². The van der Waals surface area contributed by atoms with Gasteiger partial charge in [-0.3, -0.25) is 0 Å². The first-order chi connectivity index (χ1) is 6.18. The summed E-state index contributed by atoms with van der Waals surface area (Å²) in [7, 11) is 0. The monoisotopic (exact) mass is 370 g/mol. The van der Waals surface area contributed by atoms with Gasteiger partial charge in [0.1, 0.15) is 0 Å². The van der Waals surface area contributed by atoms with Crippen LogP contribution in [0, 0.1) is 5.82 Å². The van der Waals surface area contributed by atoms with E-state index in [9.17, 15) is 9.18 Å². The Hall–Kier alpha value is -0.445. The molecule has 13 heavy (non-hydrogen) atoms. The number of hydrogen-bond donors (Lipinski definition) is 0. The van der Waals surface area contributed by atoms with E-state index in [4.69, 9.17) is 2.64 Å². The fourth-order valence-corrected chi connectivity index (χ4v) is 4.69. The molecule has 1 aromatic carbocycles. The second-order valence-corrected chi connectivity index (χ2v) is 7.37. The molecule has 0 aliphatic rings. The SMILES string of the molecule is CC(=O)[O][Hg][CH2]c1ccc(F)cc1. The molecule has 0 aromatic heterocycles. The molecule has 1 rings (SSSR count). The number of halogens is 1. The van der Waals surface area contributed by atoms with Gasteiger partial charge in [0.25, 0.3) is 0 Å². The van der Waals surface area contributed by atoms with Crippen molar-refractivity contribution < 1.29 is 36.9 Å². The maximum atomic E-state index is 12.5. The average Bonchev–Trinajstić information content (AvgIpc) is 2.08. The van der Waals surface area contributed by atoms with Gasteiger partial charge < -0.3 is 0 Å². The molecule has 0 fully saturated rings. The van der Waals surface area contributed by atoms with E-state index in [0.29, 0.717) is 0 Å². The molecule has 0 spiro atoms. The van der Waals surface area contributed by atoms with Crippen molar-refractivity contribution in [3.05, 3.63) is 35.6 Å². The van der Waals surface area contributed by atoms with Gasteiger partial charge in [0.15, 0.2) is 0 Å². The van der Waals surface area contributed by atoms with E-state index in [-0.39, 0.29) is 11.8 Å². The number of carbonyl (C=O) groups is 1. The molecule has 0 aliphatic heterocycles. The standard InChI is InChI=1S/C7H6F.C2H4O2.Hg/c1-6-2-4-7(8)5-3-6;1-2(3)4;/h2-5H,1H2;1H3,(H,3,4);/q;;+1/p-1. The first-order valence-corrected chi connectivity index (χ1v) is 10.2. The second-order valence-electron chi connectivity index (χ2n) is 2.72. The third-order valence-electron chi connectivity index (χ3n) is 1.61. The van der Waals surface area contributed by atoms with Gasteiger partial charge in [-0.2, -0.15) is 0 Å². The Morgan fingerprint density at radius 1 is 1.46 bits per heavy atom. The molecule has 1 aromatic rings. The number of benzene rings is 1. The van der Waals surface area contributed by atoms with E-state index in [1.807, 2.05) is 0 Å². The first kappa shape index (κ1) is 10.6. The molecule has 0 amide bonds. The minimum atomic E-state index is -1.52. The van der Waals surface area contributed by atoms with Crippen LogP contribution in [0.5, 0.6) is 0 Å². The number of carbonyl (C=O) groups excluding carboxylic acids is 1. The molecule has 0 bridgehead atoms. The molecule has 66 valence electrons. The quantitative estimate of drug-likeness (QED) is 0.762. The Labute approximate surface area is 89.2 Å². The van der Waals surface area contributed by atoms with Crippen LogP contribution in [-0.4, -0.2) is 5.97 Å². The summed E-state index contributed by atoms with van der Waals surface area (Å²) in [5, 5.41) is 0.